The van der Waals surface area contributed by atoms with Gasteiger partial charge in [0, 0.05) is 10.5 Å². The van der Waals surface area contributed by atoms with E-state index in [0.717, 1.165) is 34.6 Å². The summed E-state index contributed by atoms with van der Waals surface area (Å²) in [7, 11) is 0. The maximum Gasteiger partial charge on any atom is 0.199 e. The van der Waals surface area contributed by atoms with E-state index >= 15 is 0 Å². The molecule has 2 rings (SSSR count). The van der Waals surface area contributed by atoms with Gasteiger partial charge in [0.15, 0.2) is 5.78 Å². The first-order valence-corrected chi connectivity index (χ1v) is 8.56. The molecule has 0 spiro atoms. The molecular weight excluding hydrogens is 288 g/mol. The molecule has 0 atom stereocenters. The second-order valence-corrected chi connectivity index (χ2v) is 6.44. The Hall–Kier alpha value is -1.80. The van der Waals surface area contributed by atoms with E-state index in [9.17, 15) is 4.79 Å². The number of allylic oxidation sites excluding steroid dienone is 2. The lowest BCUT2D eigenvalue weighted by molar-refractivity contribution is 0.104. The van der Waals surface area contributed by atoms with E-state index in [4.69, 9.17) is 0 Å². The number of Topliss-reactive ketones (excluding diaryl/α,β-unsaturated/α-hetero) is 1. The van der Waals surface area contributed by atoms with Gasteiger partial charge in [-0.3, -0.25) is 4.79 Å². The number of ketones is 1. The van der Waals surface area contributed by atoms with Crippen molar-refractivity contribution in [1.82, 2.24) is 0 Å². The van der Waals surface area contributed by atoms with Gasteiger partial charge in [0.2, 0.25) is 0 Å². The Balaban J connectivity index is 2.20. The number of hydrogen-bond acceptors (Lipinski definition) is 2. The van der Waals surface area contributed by atoms with Crippen molar-refractivity contribution in [1.29, 1.82) is 0 Å². The van der Waals surface area contributed by atoms with Crippen LogP contribution in [0.5, 0.6) is 0 Å². The van der Waals surface area contributed by atoms with E-state index in [0.29, 0.717) is 0 Å². The van der Waals surface area contributed by atoms with Gasteiger partial charge in [-0.05, 0) is 25.5 Å². The lowest BCUT2D eigenvalue weighted by Crippen LogP contribution is -2.00. The number of unbranched alkanes of at least 4 members (excludes halogenated alkanes) is 2. The molecule has 114 valence electrons. The first kappa shape index (κ1) is 16.6. The Morgan fingerprint density at radius 1 is 1.05 bits per heavy atom. The van der Waals surface area contributed by atoms with Crippen LogP contribution in [-0.4, -0.2) is 5.78 Å². The average molecular weight is 310 g/mol. The Bertz CT molecular complexity index is 627. The molecule has 0 amide bonds. The number of aryl methyl sites for hydroxylation is 1. The molecule has 0 saturated carbocycles. The van der Waals surface area contributed by atoms with Crippen molar-refractivity contribution < 1.29 is 4.79 Å². The summed E-state index contributed by atoms with van der Waals surface area (Å²) in [5, 5.41) is 0. The molecule has 0 heterocycles. The van der Waals surface area contributed by atoms with Crippen LogP contribution >= 0.6 is 11.8 Å². The molecule has 2 aromatic carbocycles. The first-order valence-electron chi connectivity index (χ1n) is 7.75. The molecule has 0 aliphatic rings. The maximum atomic E-state index is 12.7. The third kappa shape index (κ3) is 4.88. The minimum atomic E-state index is 0.113. The van der Waals surface area contributed by atoms with Crippen LogP contribution < -0.4 is 0 Å². The highest BCUT2D eigenvalue weighted by Gasteiger charge is 2.13. The molecule has 2 aromatic rings. The third-order valence-corrected chi connectivity index (χ3v) is 4.48. The van der Waals surface area contributed by atoms with Crippen molar-refractivity contribution >= 4 is 17.5 Å². The van der Waals surface area contributed by atoms with Crippen LogP contribution in [-0.2, 0) is 0 Å². The van der Waals surface area contributed by atoms with Crippen LogP contribution in [0.3, 0.4) is 0 Å². The van der Waals surface area contributed by atoms with Crippen LogP contribution in [0, 0.1) is 6.92 Å². The van der Waals surface area contributed by atoms with E-state index < -0.39 is 0 Å². The summed E-state index contributed by atoms with van der Waals surface area (Å²) in [6.45, 7) is 4.24. The summed E-state index contributed by atoms with van der Waals surface area (Å²) in [5.74, 6) is 0.113. The van der Waals surface area contributed by atoms with Gasteiger partial charge in [-0.2, -0.15) is 0 Å². The first-order chi connectivity index (χ1) is 10.7. The van der Waals surface area contributed by atoms with Gasteiger partial charge in [0.25, 0.3) is 0 Å². The fraction of sp³-hybridized carbons (Fsp3) is 0.250. The zero-order valence-corrected chi connectivity index (χ0v) is 14.0. The minimum absolute atomic E-state index is 0.113. The zero-order chi connectivity index (χ0) is 15.8. The smallest absolute Gasteiger partial charge is 0.199 e. The van der Waals surface area contributed by atoms with E-state index in [2.05, 4.69) is 44.2 Å². The fourth-order valence-electron chi connectivity index (χ4n) is 2.08. The molecule has 0 fully saturated rings. The summed E-state index contributed by atoms with van der Waals surface area (Å²) in [4.78, 5) is 14.7. The molecule has 22 heavy (non-hydrogen) atoms. The van der Waals surface area contributed by atoms with Crippen molar-refractivity contribution in [2.45, 2.75) is 38.0 Å². The van der Waals surface area contributed by atoms with Crippen LogP contribution in [0.4, 0.5) is 0 Å². The molecule has 0 radical (unpaired) electrons. The van der Waals surface area contributed by atoms with Gasteiger partial charge in [0.05, 0.1) is 4.91 Å². The van der Waals surface area contributed by atoms with Gasteiger partial charge in [-0.25, -0.2) is 0 Å². The van der Waals surface area contributed by atoms with E-state index in [1.807, 2.05) is 30.3 Å². The molecule has 0 saturated heterocycles. The molecule has 2 heteroatoms. The number of carbonyl (C=O) groups is 1. The summed E-state index contributed by atoms with van der Waals surface area (Å²) in [6, 6.07) is 17.8. The van der Waals surface area contributed by atoms with Crippen molar-refractivity contribution in [2.75, 3.05) is 0 Å². The number of hydrogen-bond donors (Lipinski definition) is 0. The van der Waals surface area contributed by atoms with E-state index in [1.54, 1.807) is 11.8 Å². The van der Waals surface area contributed by atoms with Gasteiger partial charge in [0.1, 0.15) is 0 Å². The minimum Gasteiger partial charge on any atom is -0.288 e. The molecule has 0 bridgehead atoms. The zero-order valence-electron chi connectivity index (χ0n) is 13.2. The largest absolute Gasteiger partial charge is 0.288 e. The number of carbonyl (C=O) groups excluding carboxylic acids is 1. The predicted molar refractivity (Wildman–Crippen MR) is 95.4 cm³/mol. The predicted octanol–water partition coefficient (Wildman–Crippen LogP) is 6.04. The highest BCUT2D eigenvalue weighted by atomic mass is 32.2. The normalized spacial score (nSPS) is 11.5. The van der Waals surface area contributed by atoms with Crippen LogP contribution in [0.15, 0.2) is 70.5 Å². The third-order valence-electron chi connectivity index (χ3n) is 3.40. The Morgan fingerprint density at radius 3 is 2.36 bits per heavy atom. The highest BCUT2D eigenvalue weighted by Crippen LogP contribution is 2.30. The lowest BCUT2D eigenvalue weighted by Gasteiger charge is -2.07. The standard InChI is InChI=1S/C20H22OS/c1-3-4-6-11-19(20(21)17-9-7-5-8-10-17)22-18-14-12-16(2)13-15-18/h5,7-15H,3-4,6H2,1-2H3/b19-11-. The monoisotopic (exact) mass is 310 g/mol. The van der Waals surface area contributed by atoms with Crippen molar-refractivity contribution in [2.24, 2.45) is 0 Å². The highest BCUT2D eigenvalue weighted by molar-refractivity contribution is 8.04. The van der Waals surface area contributed by atoms with Crippen LogP contribution in [0.25, 0.3) is 0 Å². The Morgan fingerprint density at radius 2 is 1.73 bits per heavy atom. The molecule has 0 aliphatic heterocycles. The summed E-state index contributed by atoms with van der Waals surface area (Å²) in [5.41, 5.74) is 1.99. The Kier molecular flexibility index (Phi) is 6.47. The van der Waals surface area contributed by atoms with E-state index in [1.165, 1.54) is 5.56 Å². The molecular formula is C20H22OS. The molecule has 0 aromatic heterocycles. The SMILES string of the molecule is CCCC/C=C(\Sc1ccc(C)cc1)C(=O)c1ccccc1. The molecule has 0 unspecified atom stereocenters. The van der Waals surface area contributed by atoms with Gasteiger partial charge >= 0.3 is 0 Å². The number of rotatable bonds is 7. The fourth-order valence-corrected chi connectivity index (χ4v) is 3.02. The average Bonchev–Trinajstić information content (AvgIpc) is 2.56. The maximum absolute atomic E-state index is 12.7. The summed E-state index contributed by atoms with van der Waals surface area (Å²) >= 11 is 1.56. The second kappa shape index (κ2) is 8.60. The van der Waals surface area contributed by atoms with Crippen LogP contribution in [0.1, 0.15) is 42.1 Å². The quantitative estimate of drug-likeness (QED) is 0.268. The van der Waals surface area contributed by atoms with Gasteiger partial charge in [-0.1, -0.05) is 85.6 Å². The van der Waals surface area contributed by atoms with Crippen molar-refractivity contribution in [3.8, 4) is 0 Å². The van der Waals surface area contributed by atoms with Gasteiger partial charge in [-0.15, -0.1) is 0 Å². The van der Waals surface area contributed by atoms with Crippen molar-refractivity contribution in [3.05, 3.63) is 76.7 Å². The van der Waals surface area contributed by atoms with Gasteiger partial charge < -0.3 is 0 Å². The molecule has 0 aliphatic carbocycles. The van der Waals surface area contributed by atoms with Crippen molar-refractivity contribution in [3.63, 3.8) is 0 Å². The second-order valence-electron chi connectivity index (χ2n) is 5.32. The Labute approximate surface area is 137 Å². The summed E-state index contributed by atoms with van der Waals surface area (Å²) < 4.78 is 0. The van der Waals surface area contributed by atoms with E-state index in [-0.39, 0.29) is 5.78 Å². The topological polar surface area (TPSA) is 17.1 Å². The molecule has 1 nitrogen and oxygen atoms in total. The number of thioether (sulfide) groups is 1. The van der Waals surface area contributed by atoms with Crippen LogP contribution in [0.2, 0.25) is 0 Å². The lowest BCUT2D eigenvalue weighted by atomic mass is 10.1. The summed E-state index contributed by atoms with van der Waals surface area (Å²) in [6.07, 6.45) is 5.28. The number of benzene rings is 2. The molecule has 0 N–H and O–H groups in total.